The van der Waals surface area contributed by atoms with Crippen molar-refractivity contribution >= 4 is 11.9 Å². The van der Waals surface area contributed by atoms with Gasteiger partial charge < -0.3 is 19.3 Å². The quantitative estimate of drug-likeness (QED) is 0.464. The van der Waals surface area contributed by atoms with Gasteiger partial charge in [0.2, 0.25) is 0 Å². The Balaban J connectivity index is 1.63. The maximum atomic E-state index is 12.8. The Hall–Kier alpha value is -3.61. The molecule has 180 valence electrons. The number of esters is 1. The second-order valence-electron chi connectivity index (χ2n) is 9.51. The molecule has 1 amide bonds. The first-order valence-electron chi connectivity index (χ1n) is 11.3. The molecule has 7 heteroatoms. The average molecular weight is 465 g/mol. The second kappa shape index (κ2) is 10.5. The number of methoxy groups -OCH3 is 1. The number of para-hydroxylation sites is 1. The molecule has 3 aromatic rings. The molecule has 34 heavy (non-hydrogen) atoms. The van der Waals surface area contributed by atoms with Crippen LogP contribution in [-0.4, -0.2) is 30.2 Å². The molecule has 0 saturated heterocycles. The fraction of sp³-hybridized carbons (Fsp3) is 0.370. The number of hydrogen-bond donors (Lipinski definition) is 1. The Morgan fingerprint density at radius 3 is 2.35 bits per heavy atom. The average Bonchev–Trinajstić information content (AvgIpc) is 3.29. The van der Waals surface area contributed by atoms with E-state index < -0.39 is 12.0 Å². The molecule has 1 heterocycles. The minimum atomic E-state index is -0.800. The van der Waals surface area contributed by atoms with Crippen LogP contribution < -0.4 is 10.1 Å². The van der Waals surface area contributed by atoms with Crippen LogP contribution in [0.4, 0.5) is 0 Å². The van der Waals surface area contributed by atoms with Crippen molar-refractivity contribution in [3.8, 4) is 17.0 Å². The molecule has 1 unspecified atom stereocenters. The van der Waals surface area contributed by atoms with E-state index in [0.29, 0.717) is 22.8 Å². The standard InChI is InChI=1S/C27H32N2O5/c1-17(2)24(28-25(30)18-11-13-19(14-12-18)27(3,4)5)26(31)33-16-20-15-22(29-34-20)21-9-7-8-10-23(21)32-6/h7-15,17,24H,16H2,1-6H3,(H,28,30). The van der Waals surface area contributed by atoms with Crippen LogP contribution in [0.25, 0.3) is 11.3 Å². The van der Waals surface area contributed by atoms with Gasteiger partial charge in [0.05, 0.1) is 7.11 Å². The van der Waals surface area contributed by atoms with Crippen LogP contribution >= 0.6 is 0 Å². The molecule has 0 radical (unpaired) electrons. The van der Waals surface area contributed by atoms with E-state index in [2.05, 4.69) is 31.2 Å². The highest BCUT2D eigenvalue weighted by Gasteiger charge is 2.27. The Morgan fingerprint density at radius 1 is 1.06 bits per heavy atom. The highest BCUT2D eigenvalue weighted by atomic mass is 16.6. The Morgan fingerprint density at radius 2 is 1.74 bits per heavy atom. The van der Waals surface area contributed by atoms with Crippen molar-refractivity contribution in [2.24, 2.45) is 5.92 Å². The lowest BCUT2D eigenvalue weighted by molar-refractivity contribution is -0.149. The van der Waals surface area contributed by atoms with E-state index >= 15 is 0 Å². The number of aromatic nitrogens is 1. The van der Waals surface area contributed by atoms with E-state index in [4.69, 9.17) is 14.0 Å². The maximum Gasteiger partial charge on any atom is 0.329 e. The van der Waals surface area contributed by atoms with E-state index in [1.165, 1.54) is 0 Å². The van der Waals surface area contributed by atoms with Gasteiger partial charge in [-0.2, -0.15) is 0 Å². The van der Waals surface area contributed by atoms with Crippen LogP contribution in [0.15, 0.2) is 59.1 Å². The molecule has 0 bridgehead atoms. The van der Waals surface area contributed by atoms with Crippen molar-refractivity contribution in [1.29, 1.82) is 0 Å². The molecule has 0 saturated carbocycles. The van der Waals surface area contributed by atoms with Crippen molar-refractivity contribution in [2.45, 2.75) is 52.7 Å². The fourth-order valence-corrected chi connectivity index (χ4v) is 3.44. The summed E-state index contributed by atoms with van der Waals surface area (Å²) in [5.41, 5.74) is 2.96. The fourth-order valence-electron chi connectivity index (χ4n) is 3.44. The van der Waals surface area contributed by atoms with Gasteiger partial charge in [0, 0.05) is 17.2 Å². The van der Waals surface area contributed by atoms with Gasteiger partial charge in [0.1, 0.15) is 17.5 Å². The third kappa shape index (κ3) is 6.04. The number of carbonyl (C=O) groups is 2. The van der Waals surface area contributed by atoms with Gasteiger partial charge in [-0.3, -0.25) is 4.79 Å². The van der Waals surface area contributed by atoms with E-state index in [9.17, 15) is 9.59 Å². The first-order valence-corrected chi connectivity index (χ1v) is 11.3. The van der Waals surface area contributed by atoms with Gasteiger partial charge in [-0.25, -0.2) is 4.79 Å². The minimum absolute atomic E-state index is 0.00844. The third-order valence-electron chi connectivity index (χ3n) is 5.52. The minimum Gasteiger partial charge on any atom is -0.496 e. The molecular formula is C27H32N2O5. The predicted octanol–water partition coefficient (Wildman–Crippen LogP) is 5.15. The highest BCUT2D eigenvalue weighted by Crippen LogP contribution is 2.29. The molecule has 3 rings (SSSR count). The third-order valence-corrected chi connectivity index (χ3v) is 5.52. The monoisotopic (exact) mass is 464 g/mol. The summed E-state index contributed by atoms with van der Waals surface area (Å²) in [5.74, 6) is 0.0293. The molecule has 7 nitrogen and oxygen atoms in total. The van der Waals surface area contributed by atoms with Crippen LogP contribution in [0.1, 0.15) is 56.3 Å². The molecule has 1 aromatic heterocycles. The summed E-state index contributed by atoms with van der Waals surface area (Å²) in [6.45, 7) is 9.94. The summed E-state index contributed by atoms with van der Waals surface area (Å²) in [5, 5.41) is 6.85. The number of ether oxygens (including phenoxy) is 2. The molecule has 2 aromatic carbocycles. The van der Waals surface area contributed by atoms with Crippen molar-refractivity contribution in [2.75, 3.05) is 7.11 Å². The lowest BCUT2D eigenvalue weighted by atomic mass is 9.86. The molecule has 1 atom stereocenters. The first-order chi connectivity index (χ1) is 16.1. The van der Waals surface area contributed by atoms with Crippen LogP contribution in [0.3, 0.4) is 0 Å². The molecule has 0 aliphatic heterocycles. The SMILES string of the molecule is COc1ccccc1-c1cc(COC(=O)C(NC(=O)c2ccc(C(C)(C)C)cc2)C(C)C)on1. The van der Waals surface area contributed by atoms with Gasteiger partial charge in [-0.1, -0.05) is 64.0 Å². The van der Waals surface area contributed by atoms with E-state index in [-0.39, 0.29) is 23.8 Å². The van der Waals surface area contributed by atoms with E-state index in [1.807, 2.05) is 50.2 Å². The second-order valence-corrected chi connectivity index (χ2v) is 9.51. The van der Waals surface area contributed by atoms with Crippen LogP contribution in [0.5, 0.6) is 5.75 Å². The topological polar surface area (TPSA) is 90.7 Å². The maximum absolute atomic E-state index is 12.8. The van der Waals surface area contributed by atoms with Crippen molar-refractivity contribution in [3.63, 3.8) is 0 Å². The summed E-state index contributed by atoms with van der Waals surface area (Å²) in [4.78, 5) is 25.5. The summed E-state index contributed by atoms with van der Waals surface area (Å²) in [7, 11) is 1.58. The zero-order valence-corrected chi connectivity index (χ0v) is 20.5. The number of hydrogen-bond acceptors (Lipinski definition) is 6. The Kier molecular flexibility index (Phi) is 7.76. The molecule has 0 fully saturated rings. The van der Waals surface area contributed by atoms with Gasteiger partial charge in [0.25, 0.3) is 5.91 Å². The zero-order valence-electron chi connectivity index (χ0n) is 20.5. The van der Waals surface area contributed by atoms with Crippen LogP contribution in [0, 0.1) is 5.92 Å². The first kappa shape index (κ1) is 25.0. The summed E-state index contributed by atoms with van der Waals surface area (Å²) < 4.78 is 16.1. The van der Waals surface area contributed by atoms with Crippen molar-refractivity contribution in [3.05, 3.63) is 71.5 Å². The zero-order chi connectivity index (χ0) is 24.9. The summed E-state index contributed by atoms with van der Waals surface area (Å²) >= 11 is 0. The van der Waals surface area contributed by atoms with Crippen LogP contribution in [-0.2, 0) is 21.6 Å². The lowest BCUT2D eigenvalue weighted by Crippen LogP contribution is -2.45. The number of carbonyl (C=O) groups excluding carboxylic acids is 2. The van der Waals surface area contributed by atoms with E-state index in [0.717, 1.165) is 11.1 Å². The van der Waals surface area contributed by atoms with Crippen molar-refractivity contribution < 1.29 is 23.6 Å². The van der Waals surface area contributed by atoms with Gasteiger partial charge in [0.15, 0.2) is 12.4 Å². The Bertz CT molecular complexity index is 1130. The molecule has 0 spiro atoms. The van der Waals surface area contributed by atoms with Gasteiger partial charge in [-0.05, 0) is 41.2 Å². The predicted molar refractivity (Wildman–Crippen MR) is 130 cm³/mol. The number of rotatable bonds is 8. The highest BCUT2D eigenvalue weighted by molar-refractivity contribution is 5.96. The summed E-state index contributed by atoms with van der Waals surface area (Å²) in [6, 6.07) is 15.7. The van der Waals surface area contributed by atoms with Gasteiger partial charge in [-0.15, -0.1) is 0 Å². The van der Waals surface area contributed by atoms with Crippen LogP contribution in [0.2, 0.25) is 0 Å². The Labute approximate surface area is 200 Å². The molecule has 0 aliphatic rings. The molecule has 1 N–H and O–H groups in total. The number of amides is 1. The van der Waals surface area contributed by atoms with Gasteiger partial charge >= 0.3 is 5.97 Å². The number of nitrogens with zero attached hydrogens (tertiary/aromatic N) is 1. The number of benzene rings is 2. The summed E-state index contributed by atoms with van der Waals surface area (Å²) in [6.07, 6.45) is 0. The van der Waals surface area contributed by atoms with E-state index in [1.54, 1.807) is 25.3 Å². The smallest absolute Gasteiger partial charge is 0.329 e. The lowest BCUT2D eigenvalue weighted by Gasteiger charge is -2.21. The largest absolute Gasteiger partial charge is 0.496 e. The molecule has 0 aliphatic carbocycles. The molecular weight excluding hydrogens is 432 g/mol. The normalized spacial score (nSPS) is 12.3. The van der Waals surface area contributed by atoms with Crippen molar-refractivity contribution in [1.82, 2.24) is 10.5 Å². The number of nitrogens with one attached hydrogen (secondary N) is 1.